The second-order valence-electron chi connectivity index (χ2n) is 5.42. The van der Waals surface area contributed by atoms with Crippen LogP contribution in [0.5, 0.6) is 0 Å². The van der Waals surface area contributed by atoms with E-state index >= 15 is 0 Å². The molecule has 0 aliphatic heterocycles. The van der Waals surface area contributed by atoms with Crippen molar-refractivity contribution in [3.63, 3.8) is 0 Å². The Hall–Kier alpha value is -1.69. The molecule has 5 nitrogen and oxygen atoms in total. The van der Waals surface area contributed by atoms with Gasteiger partial charge in [-0.1, -0.05) is 12.8 Å². The molecule has 1 amide bonds. The lowest BCUT2D eigenvalue weighted by molar-refractivity contribution is 0.0268. The Morgan fingerprint density at radius 2 is 2.24 bits per heavy atom. The third kappa shape index (κ3) is 3.50. The van der Waals surface area contributed by atoms with E-state index in [9.17, 15) is 14.3 Å². The van der Waals surface area contributed by atoms with E-state index in [1.807, 2.05) is 6.92 Å². The molecule has 1 aromatic heterocycles. The predicted octanol–water partition coefficient (Wildman–Crippen LogP) is 2.03. The van der Waals surface area contributed by atoms with E-state index in [0.717, 1.165) is 25.5 Å². The molecule has 1 saturated carbocycles. The zero-order chi connectivity index (χ0) is 15.4. The fraction of sp³-hybridized carbons (Fsp3) is 0.600. The number of halogens is 1. The van der Waals surface area contributed by atoms with Crippen LogP contribution in [0.1, 0.15) is 43.0 Å². The lowest BCUT2D eigenvalue weighted by atomic mass is 9.91. The number of amides is 1. The van der Waals surface area contributed by atoms with Gasteiger partial charge < -0.3 is 15.3 Å². The molecule has 0 aromatic carbocycles. The van der Waals surface area contributed by atoms with Crippen LogP contribution in [0.3, 0.4) is 0 Å². The summed E-state index contributed by atoms with van der Waals surface area (Å²) < 4.78 is 13.4. The minimum atomic E-state index is -0.544. The van der Waals surface area contributed by atoms with Crippen LogP contribution in [0.15, 0.2) is 12.3 Å². The molecule has 0 radical (unpaired) electrons. The highest BCUT2D eigenvalue weighted by Crippen LogP contribution is 2.25. The standard InChI is InChI=1S/C15H22FN3O2/c1-3-17-14-11(8-10(16)9-18-14)15(21)19(2)12-6-4-5-7-13(12)20/h8-9,12-13,20H,3-7H2,1-2H3,(H,17,18). The number of likely N-dealkylation sites (N-methyl/N-ethyl adjacent to an activating group) is 1. The van der Waals surface area contributed by atoms with Gasteiger partial charge >= 0.3 is 0 Å². The minimum Gasteiger partial charge on any atom is -0.391 e. The topological polar surface area (TPSA) is 65.5 Å². The van der Waals surface area contributed by atoms with Crippen molar-refractivity contribution in [2.75, 3.05) is 18.9 Å². The van der Waals surface area contributed by atoms with E-state index in [2.05, 4.69) is 10.3 Å². The average molecular weight is 295 g/mol. The number of carbonyl (C=O) groups is 1. The normalized spacial score (nSPS) is 21.9. The Morgan fingerprint density at radius 1 is 1.52 bits per heavy atom. The lowest BCUT2D eigenvalue weighted by Gasteiger charge is -2.35. The quantitative estimate of drug-likeness (QED) is 0.892. The van der Waals surface area contributed by atoms with Crippen LogP contribution in [-0.2, 0) is 0 Å². The number of rotatable bonds is 4. The van der Waals surface area contributed by atoms with E-state index in [-0.39, 0.29) is 17.5 Å². The van der Waals surface area contributed by atoms with E-state index in [0.29, 0.717) is 18.8 Å². The number of aromatic nitrogens is 1. The lowest BCUT2D eigenvalue weighted by Crippen LogP contribution is -2.46. The van der Waals surface area contributed by atoms with E-state index in [1.165, 1.54) is 11.0 Å². The van der Waals surface area contributed by atoms with Gasteiger partial charge in [0.1, 0.15) is 11.6 Å². The highest BCUT2D eigenvalue weighted by atomic mass is 19.1. The number of aliphatic hydroxyl groups is 1. The summed E-state index contributed by atoms with van der Waals surface area (Å²) in [6, 6.07) is 0.975. The molecule has 6 heteroatoms. The zero-order valence-electron chi connectivity index (χ0n) is 12.5. The highest BCUT2D eigenvalue weighted by molar-refractivity contribution is 5.98. The van der Waals surface area contributed by atoms with Crippen LogP contribution in [0.4, 0.5) is 10.2 Å². The molecule has 2 N–H and O–H groups in total. The van der Waals surface area contributed by atoms with Gasteiger partial charge in [-0.25, -0.2) is 9.37 Å². The van der Waals surface area contributed by atoms with E-state index in [4.69, 9.17) is 0 Å². The van der Waals surface area contributed by atoms with Crippen LogP contribution < -0.4 is 5.32 Å². The predicted molar refractivity (Wildman–Crippen MR) is 78.7 cm³/mol. The first-order chi connectivity index (χ1) is 10.0. The molecule has 1 aromatic rings. The Morgan fingerprint density at radius 3 is 2.90 bits per heavy atom. The summed E-state index contributed by atoms with van der Waals surface area (Å²) in [6.45, 7) is 2.47. The van der Waals surface area contributed by atoms with Crippen molar-refractivity contribution in [1.82, 2.24) is 9.88 Å². The summed E-state index contributed by atoms with van der Waals surface area (Å²) in [7, 11) is 1.65. The number of carbonyl (C=O) groups excluding carboxylic acids is 1. The molecule has 0 bridgehead atoms. The smallest absolute Gasteiger partial charge is 0.257 e. The summed E-state index contributed by atoms with van der Waals surface area (Å²) in [5.41, 5.74) is 0.206. The number of pyridine rings is 1. The van der Waals surface area contributed by atoms with Crippen LogP contribution >= 0.6 is 0 Å². The average Bonchev–Trinajstić information content (AvgIpc) is 2.48. The Bertz CT molecular complexity index is 510. The molecule has 1 aliphatic carbocycles. The van der Waals surface area contributed by atoms with Crippen molar-refractivity contribution in [3.05, 3.63) is 23.6 Å². The molecule has 0 saturated heterocycles. The SMILES string of the molecule is CCNc1ncc(F)cc1C(=O)N(C)C1CCCCC1O. The fourth-order valence-corrected chi connectivity index (χ4v) is 2.79. The van der Waals surface area contributed by atoms with Crippen molar-refractivity contribution in [1.29, 1.82) is 0 Å². The van der Waals surface area contributed by atoms with Gasteiger partial charge in [0.2, 0.25) is 0 Å². The molecule has 2 atom stereocenters. The van der Waals surface area contributed by atoms with Crippen molar-refractivity contribution < 1.29 is 14.3 Å². The van der Waals surface area contributed by atoms with E-state index in [1.54, 1.807) is 7.05 Å². The summed E-state index contributed by atoms with van der Waals surface area (Å²) in [5, 5.41) is 13.0. The third-order valence-electron chi connectivity index (χ3n) is 3.94. The second kappa shape index (κ2) is 6.85. The fourth-order valence-electron chi connectivity index (χ4n) is 2.79. The van der Waals surface area contributed by atoms with Crippen molar-refractivity contribution in [2.45, 2.75) is 44.8 Å². The molecule has 21 heavy (non-hydrogen) atoms. The monoisotopic (exact) mass is 295 g/mol. The largest absolute Gasteiger partial charge is 0.391 e. The first-order valence-corrected chi connectivity index (χ1v) is 7.39. The highest BCUT2D eigenvalue weighted by Gasteiger charge is 2.31. The first-order valence-electron chi connectivity index (χ1n) is 7.39. The maximum absolute atomic E-state index is 13.4. The first kappa shape index (κ1) is 15.7. The van der Waals surface area contributed by atoms with Gasteiger partial charge in [-0.3, -0.25) is 4.79 Å². The van der Waals surface area contributed by atoms with Gasteiger partial charge in [0.15, 0.2) is 0 Å². The summed E-state index contributed by atoms with van der Waals surface area (Å²) in [5.74, 6) is -0.484. The maximum atomic E-state index is 13.4. The Labute approximate surface area is 124 Å². The van der Waals surface area contributed by atoms with Gasteiger partial charge in [-0.05, 0) is 25.8 Å². The zero-order valence-corrected chi connectivity index (χ0v) is 12.5. The number of anilines is 1. The maximum Gasteiger partial charge on any atom is 0.257 e. The molecule has 1 fully saturated rings. The summed E-state index contributed by atoms with van der Waals surface area (Å²) in [4.78, 5) is 18.1. The second-order valence-corrected chi connectivity index (χ2v) is 5.42. The van der Waals surface area contributed by atoms with Gasteiger partial charge in [0.05, 0.1) is 23.9 Å². The molecule has 1 heterocycles. The van der Waals surface area contributed by atoms with Gasteiger partial charge in [0, 0.05) is 13.6 Å². The number of nitrogens with one attached hydrogen (secondary N) is 1. The summed E-state index contributed by atoms with van der Waals surface area (Å²) in [6.07, 6.45) is 4.00. The van der Waals surface area contributed by atoms with Crippen molar-refractivity contribution in [2.24, 2.45) is 0 Å². The minimum absolute atomic E-state index is 0.206. The molecule has 1 aliphatic rings. The van der Waals surface area contributed by atoms with Crippen molar-refractivity contribution >= 4 is 11.7 Å². The molecular formula is C15H22FN3O2. The van der Waals surface area contributed by atoms with E-state index < -0.39 is 11.9 Å². The molecular weight excluding hydrogens is 273 g/mol. The van der Waals surface area contributed by atoms with Crippen LogP contribution in [0, 0.1) is 5.82 Å². The Kier molecular flexibility index (Phi) is 5.12. The third-order valence-corrected chi connectivity index (χ3v) is 3.94. The van der Waals surface area contributed by atoms with Gasteiger partial charge in [0.25, 0.3) is 5.91 Å². The number of aliphatic hydroxyl groups excluding tert-OH is 1. The Balaban J connectivity index is 2.23. The van der Waals surface area contributed by atoms with Crippen LogP contribution in [0.2, 0.25) is 0 Å². The molecule has 2 rings (SSSR count). The summed E-state index contributed by atoms with van der Waals surface area (Å²) >= 11 is 0. The molecule has 2 unspecified atom stereocenters. The number of nitrogens with zero attached hydrogens (tertiary/aromatic N) is 2. The molecule has 0 spiro atoms. The number of hydrogen-bond acceptors (Lipinski definition) is 4. The molecule has 116 valence electrons. The van der Waals surface area contributed by atoms with Crippen molar-refractivity contribution in [3.8, 4) is 0 Å². The van der Waals surface area contributed by atoms with Gasteiger partial charge in [-0.2, -0.15) is 0 Å². The number of hydrogen-bond donors (Lipinski definition) is 2. The van der Waals surface area contributed by atoms with Gasteiger partial charge in [-0.15, -0.1) is 0 Å². The van der Waals surface area contributed by atoms with Crippen LogP contribution in [0.25, 0.3) is 0 Å². The van der Waals surface area contributed by atoms with Crippen LogP contribution in [-0.4, -0.2) is 46.6 Å².